The molecule has 2 rings (SSSR count). The topological polar surface area (TPSA) is 65.7 Å². The van der Waals surface area contributed by atoms with Crippen LogP contribution in [0.3, 0.4) is 0 Å². The first-order valence-electron chi connectivity index (χ1n) is 6.76. The Labute approximate surface area is 129 Å². The highest BCUT2D eigenvalue weighted by Gasteiger charge is 2.15. The van der Waals surface area contributed by atoms with E-state index in [0.717, 1.165) is 23.4 Å². The van der Waals surface area contributed by atoms with Crippen molar-refractivity contribution in [2.24, 2.45) is 0 Å². The maximum atomic E-state index is 8.86. The molecular weight excluding hydrogens is 286 g/mol. The highest BCUT2D eigenvalue weighted by molar-refractivity contribution is 6.30. The first kappa shape index (κ1) is 15.2. The van der Waals surface area contributed by atoms with Crippen molar-refractivity contribution in [2.45, 2.75) is 26.3 Å². The van der Waals surface area contributed by atoms with E-state index in [9.17, 15) is 0 Å². The molecule has 0 aliphatic heterocycles. The number of nitriles is 1. The number of rotatable bonds is 6. The Hall–Kier alpha value is -2.19. The average molecular weight is 302 g/mol. The van der Waals surface area contributed by atoms with Crippen LogP contribution in [0.25, 0.3) is 0 Å². The number of halogens is 1. The molecule has 0 amide bonds. The Morgan fingerprint density at radius 3 is 2.90 bits per heavy atom. The minimum atomic E-state index is 0.422. The van der Waals surface area contributed by atoms with E-state index in [2.05, 4.69) is 21.0 Å². The van der Waals surface area contributed by atoms with Gasteiger partial charge in [0.2, 0.25) is 0 Å². The molecule has 108 valence electrons. The first-order valence-corrected chi connectivity index (χ1v) is 7.14. The van der Waals surface area contributed by atoms with Crippen molar-refractivity contribution in [3.8, 4) is 6.07 Å². The van der Waals surface area contributed by atoms with E-state index in [4.69, 9.17) is 16.9 Å². The zero-order chi connectivity index (χ0) is 15.1. The standard InChI is InChI=1S/C15H16ClN5/c1-2-13-14(16)19-11-20-15(13)21(8-4-6-17)10-12-5-3-7-18-9-12/h3,5,7,9,11H,2,4,8,10H2,1H3. The van der Waals surface area contributed by atoms with E-state index in [-0.39, 0.29) is 0 Å². The van der Waals surface area contributed by atoms with Crippen LogP contribution in [0.4, 0.5) is 5.82 Å². The van der Waals surface area contributed by atoms with Gasteiger partial charge in [0.05, 0.1) is 12.5 Å². The summed E-state index contributed by atoms with van der Waals surface area (Å²) in [7, 11) is 0. The zero-order valence-electron chi connectivity index (χ0n) is 11.8. The third kappa shape index (κ3) is 3.89. The lowest BCUT2D eigenvalue weighted by Gasteiger charge is -2.25. The molecule has 0 saturated carbocycles. The Kier molecular flexibility index (Phi) is 5.47. The van der Waals surface area contributed by atoms with Gasteiger partial charge in [0.15, 0.2) is 0 Å². The molecule has 0 radical (unpaired) electrons. The van der Waals surface area contributed by atoms with Crippen LogP contribution in [-0.2, 0) is 13.0 Å². The summed E-state index contributed by atoms with van der Waals surface area (Å²) in [5.74, 6) is 0.789. The molecule has 5 nitrogen and oxygen atoms in total. The lowest BCUT2D eigenvalue weighted by atomic mass is 10.2. The van der Waals surface area contributed by atoms with Crippen molar-refractivity contribution in [3.05, 3.63) is 47.1 Å². The molecule has 2 aromatic heterocycles. The summed E-state index contributed by atoms with van der Waals surface area (Å²) in [5.41, 5.74) is 1.97. The predicted octanol–water partition coefficient (Wildman–Crippen LogP) is 3.01. The van der Waals surface area contributed by atoms with Crippen molar-refractivity contribution in [1.82, 2.24) is 15.0 Å². The molecule has 2 heterocycles. The summed E-state index contributed by atoms with van der Waals surface area (Å²) < 4.78 is 0. The van der Waals surface area contributed by atoms with E-state index >= 15 is 0 Å². The summed E-state index contributed by atoms with van der Waals surface area (Å²) in [6.45, 7) is 3.24. The van der Waals surface area contributed by atoms with Crippen molar-refractivity contribution in [1.29, 1.82) is 5.26 Å². The van der Waals surface area contributed by atoms with E-state index in [1.54, 1.807) is 6.20 Å². The summed E-state index contributed by atoms with van der Waals surface area (Å²) in [6.07, 6.45) is 6.17. The molecule has 0 N–H and O–H groups in total. The second-order valence-electron chi connectivity index (χ2n) is 4.51. The minimum absolute atomic E-state index is 0.422. The van der Waals surface area contributed by atoms with Gasteiger partial charge in [-0.25, -0.2) is 9.97 Å². The second kappa shape index (κ2) is 7.55. The predicted molar refractivity (Wildman–Crippen MR) is 81.9 cm³/mol. The molecular formula is C15H16ClN5. The zero-order valence-corrected chi connectivity index (χ0v) is 12.6. The fourth-order valence-corrected chi connectivity index (χ4v) is 2.38. The van der Waals surface area contributed by atoms with Gasteiger partial charge in [-0.3, -0.25) is 4.98 Å². The van der Waals surface area contributed by atoms with Gasteiger partial charge < -0.3 is 4.90 Å². The first-order chi connectivity index (χ1) is 10.3. The lowest BCUT2D eigenvalue weighted by molar-refractivity contribution is 0.768. The molecule has 2 aromatic rings. The summed E-state index contributed by atoms with van der Waals surface area (Å²) in [5, 5.41) is 9.33. The maximum absolute atomic E-state index is 8.86. The van der Waals surface area contributed by atoms with Gasteiger partial charge in [0.25, 0.3) is 0 Å². The lowest BCUT2D eigenvalue weighted by Crippen LogP contribution is -2.26. The molecule has 0 spiro atoms. The van der Waals surface area contributed by atoms with Crippen molar-refractivity contribution in [2.75, 3.05) is 11.4 Å². The monoisotopic (exact) mass is 301 g/mol. The SMILES string of the molecule is CCc1c(Cl)ncnc1N(CCC#N)Cc1cccnc1. The Morgan fingerprint density at radius 2 is 2.24 bits per heavy atom. The number of hydrogen-bond acceptors (Lipinski definition) is 5. The largest absolute Gasteiger partial charge is 0.351 e. The molecule has 0 unspecified atom stereocenters. The highest BCUT2D eigenvalue weighted by atomic mass is 35.5. The van der Waals surface area contributed by atoms with Crippen LogP contribution in [-0.4, -0.2) is 21.5 Å². The Balaban J connectivity index is 2.32. The number of nitrogens with zero attached hydrogens (tertiary/aromatic N) is 5. The number of pyridine rings is 1. The molecule has 0 aliphatic rings. The Bertz CT molecular complexity index is 624. The summed E-state index contributed by atoms with van der Waals surface area (Å²) in [4.78, 5) is 14.6. The van der Waals surface area contributed by atoms with E-state index < -0.39 is 0 Å². The van der Waals surface area contributed by atoms with Gasteiger partial charge in [-0.2, -0.15) is 5.26 Å². The second-order valence-corrected chi connectivity index (χ2v) is 4.87. The van der Waals surface area contributed by atoms with Crippen molar-refractivity contribution >= 4 is 17.4 Å². The quantitative estimate of drug-likeness (QED) is 0.767. The van der Waals surface area contributed by atoms with Crippen LogP contribution in [0.5, 0.6) is 0 Å². The summed E-state index contributed by atoms with van der Waals surface area (Å²) >= 11 is 6.16. The number of anilines is 1. The Morgan fingerprint density at radius 1 is 1.38 bits per heavy atom. The molecule has 6 heteroatoms. The van der Waals surface area contributed by atoms with Gasteiger partial charge in [-0.05, 0) is 18.1 Å². The summed E-state index contributed by atoms with van der Waals surface area (Å²) in [6, 6.07) is 6.07. The van der Waals surface area contributed by atoms with Crippen LogP contribution in [0.15, 0.2) is 30.9 Å². The van der Waals surface area contributed by atoms with Crippen LogP contribution in [0, 0.1) is 11.3 Å². The molecule has 0 aromatic carbocycles. The van der Waals surface area contributed by atoms with Crippen molar-refractivity contribution in [3.63, 3.8) is 0 Å². The molecule has 21 heavy (non-hydrogen) atoms. The highest BCUT2D eigenvalue weighted by Crippen LogP contribution is 2.25. The van der Waals surface area contributed by atoms with E-state index in [0.29, 0.717) is 24.7 Å². The average Bonchev–Trinajstić information content (AvgIpc) is 2.52. The smallest absolute Gasteiger partial charge is 0.137 e. The fourth-order valence-electron chi connectivity index (χ4n) is 2.12. The minimum Gasteiger partial charge on any atom is -0.351 e. The molecule has 0 fully saturated rings. The molecule has 0 bridgehead atoms. The van der Waals surface area contributed by atoms with E-state index in [1.165, 1.54) is 6.33 Å². The van der Waals surface area contributed by atoms with Gasteiger partial charge in [0.1, 0.15) is 17.3 Å². The van der Waals surface area contributed by atoms with Gasteiger partial charge >= 0.3 is 0 Å². The van der Waals surface area contributed by atoms with Crippen LogP contribution >= 0.6 is 11.6 Å². The van der Waals surface area contributed by atoms with E-state index in [1.807, 2.05) is 30.2 Å². The molecule has 0 aliphatic carbocycles. The van der Waals surface area contributed by atoms with Gasteiger partial charge in [0, 0.05) is 31.0 Å². The van der Waals surface area contributed by atoms with Crippen LogP contribution in [0.2, 0.25) is 5.15 Å². The third-order valence-corrected chi connectivity index (χ3v) is 3.44. The number of aromatic nitrogens is 3. The fraction of sp³-hybridized carbons (Fsp3) is 0.333. The van der Waals surface area contributed by atoms with Crippen molar-refractivity contribution < 1.29 is 0 Å². The van der Waals surface area contributed by atoms with Crippen LogP contribution < -0.4 is 4.90 Å². The third-order valence-electron chi connectivity index (χ3n) is 3.11. The van der Waals surface area contributed by atoms with Gasteiger partial charge in [-0.1, -0.05) is 24.6 Å². The normalized spacial score (nSPS) is 10.1. The maximum Gasteiger partial charge on any atom is 0.137 e. The molecule has 0 saturated heterocycles. The van der Waals surface area contributed by atoms with Gasteiger partial charge in [-0.15, -0.1) is 0 Å². The molecule has 0 atom stereocenters. The number of hydrogen-bond donors (Lipinski definition) is 0. The van der Waals surface area contributed by atoms with Crippen LogP contribution in [0.1, 0.15) is 24.5 Å².